The molecular formula is C16H17N3O2S2. The molecule has 2 rings (SSSR count). The number of hydrogen-bond acceptors (Lipinski definition) is 6. The first-order chi connectivity index (χ1) is 11.1. The number of hydrogen-bond donors (Lipinski definition) is 2. The highest BCUT2D eigenvalue weighted by atomic mass is 33.1. The van der Waals surface area contributed by atoms with E-state index in [0.29, 0.717) is 0 Å². The maximum Gasteiger partial charge on any atom is 0.239 e. The Morgan fingerprint density at radius 3 is 2.57 bits per heavy atom. The number of benzene rings is 1. The minimum atomic E-state index is -0.554. The normalized spacial score (nSPS) is 11.5. The third-order valence-corrected chi connectivity index (χ3v) is 5.07. The monoisotopic (exact) mass is 347 g/mol. The number of carbonyl (C=O) groups is 2. The highest BCUT2D eigenvalue weighted by molar-refractivity contribution is 8.82. The molecule has 23 heavy (non-hydrogen) atoms. The second-order valence-corrected chi connectivity index (χ2v) is 6.82. The van der Waals surface area contributed by atoms with Crippen molar-refractivity contribution in [2.24, 2.45) is 0 Å². The zero-order chi connectivity index (χ0) is 16.5. The summed E-state index contributed by atoms with van der Waals surface area (Å²) >= 11 is 0. The lowest BCUT2D eigenvalue weighted by molar-refractivity contribution is -0.123. The van der Waals surface area contributed by atoms with E-state index in [4.69, 9.17) is 0 Å². The molecule has 0 fully saturated rings. The number of carbonyl (C=O) groups excluding carboxylic acids is 2. The Bertz CT molecular complexity index is 638. The number of amides is 1. The predicted molar refractivity (Wildman–Crippen MR) is 95.2 cm³/mol. The summed E-state index contributed by atoms with van der Waals surface area (Å²) in [5, 5.41) is 6.32. The number of pyridine rings is 1. The van der Waals surface area contributed by atoms with Crippen molar-refractivity contribution in [3.63, 3.8) is 0 Å². The summed E-state index contributed by atoms with van der Waals surface area (Å²) in [6, 6.07) is 14.4. The lowest BCUT2D eigenvalue weighted by Gasteiger charge is -2.12. The van der Waals surface area contributed by atoms with Crippen molar-refractivity contribution in [2.45, 2.75) is 18.0 Å². The van der Waals surface area contributed by atoms with Crippen molar-refractivity contribution in [1.82, 2.24) is 10.3 Å². The number of aromatic nitrogens is 1. The standard InChI is InChI=1S/C16H17N3O2S2/c1-12(16(21)23-22-15-9-5-6-10-17-15)19-14(20)11-18-13-7-3-2-4-8-13/h2-10,12,18H,11H2,1H3,(H,19,20)/t12-/m0/s1. The second-order valence-electron chi connectivity index (χ2n) is 4.66. The Labute approximate surface area is 143 Å². The molecule has 1 atom stereocenters. The molecule has 0 saturated carbocycles. The summed E-state index contributed by atoms with van der Waals surface area (Å²) in [6.07, 6.45) is 1.67. The van der Waals surface area contributed by atoms with Crippen LogP contribution in [0.15, 0.2) is 59.8 Å². The maximum absolute atomic E-state index is 12.0. The van der Waals surface area contributed by atoms with Crippen LogP contribution in [-0.4, -0.2) is 28.6 Å². The van der Waals surface area contributed by atoms with E-state index in [0.717, 1.165) is 21.5 Å². The van der Waals surface area contributed by atoms with Gasteiger partial charge in [-0.15, -0.1) is 0 Å². The third kappa shape index (κ3) is 6.33. The van der Waals surface area contributed by atoms with Gasteiger partial charge in [-0.3, -0.25) is 9.59 Å². The Morgan fingerprint density at radius 1 is 1.13 bits per heavy atom. The van der Waals surface area contributed by atoms with E-state index in [2.05, 4.69) is 15.6 Å². The Morgan fingerprint density at radius 2 is 1.87 bits per heavy atom. The highest BCUT2D eigenvalue weighted by Gasteiger charge is 2.16. The fourth-order valence-corrected chi connectivity index (χ4v) is 3.48. The number of anilines is 1. The summed E-state index contributed by atoms with van der Waals surface area (Å²) in [5.41, 5.74) is 0.863. The summed E-state index contributed by atoms with van der Waals surface area (Å²) in [4.78, 5) is 28.0. The molecule has 1 amide bonds. The van der Waals surface area contributed by atoms with Gasteiger partial charge in [0.15, 0.2) is 0 Å². The SMILES string of the molecule is C[C@H](NC(=O)CNc1ccccc1)C(=O)SSc1ccccn1. The van der Waals surface area contributed by atoms with E-state index < -0.39 is 6.04 Å². The number of nitrogens with one attached hydrogen (secondary N) is 2. The fourth-order valence-electron chi connectivity index (χ4n) is 1.64. The number of nitrogens with zero attached hydrogens (tertiary/aromatic N) is 1. The van der Waals surface area contributed by atoms with E-state index in [9.17, 15) is 9.59 Å². The molecule has 0 bridgehead atoms. The van der Waals surface area contributed by atoms with Crippen molar-refractivity contribution >= 4 is 38.3 Å². The van der Waals surface area contributed by atoms with Gasteiger partial charge in [-0.1, -0.05) is 24.3 Å². The number of para-hydroxylation sites is 1. The molecule has 2 aromatic rings. The summed E-state index contributed by atoms with van der Waals surface area (Å²) in [7, 11) is 2.36. The largest absolute Gasteiger partial charge is 0.376 e. The van der Waals surface area contributed by atoms with Gasteiger partial charge in [0, 0.05) is 11.9 Å². The average Bonchev–Trinajstić information content (AvgIpc) is 2.59. The van der Waals surface area contributed by atoms with Crippen molar-refractivity contribution in [3.8, 4) is 0 Å². The zero-order valence-electron chi connectivity index (χ0n) is 12.6. The fraction of sp³-hybridized carbons (Fsp3) is 0.188. The van der Waals surface area contributed by atoms with E-state index >= 15 is 0 Å². The van der Waals surface area contributed by atoms with Gasteiger partial charge in [-0.05, 0) is 52.8 Å². The van der Waals surface area contributed by atoms with Crippen LogP contribution >= 0.6 is 21.6 Å². The average molecular weight is 347 g/mol. The number of rotatable bonds is 7. The van der Waals surface area contributed by atoms with Crippen molar-refractivity contribution in [2.75, 3.05) is 11.9 Å². The van der Waals surface area contributed by atoms with E-state index in [1.165, 1.54) is 10.8 Å². The zero-order valence-corrected chi connectivity index (χ0v) is 14.2. The molecule has 120 valence electrons. The lowest BCUT2D eigenvalue weighted by atomic mass is 10.3. The summed E-state index contributed by atoms with van der Waals surface area (Å²) in [5.74, 6) is -0.224. The highest BCUT2D eigenvalue weighted by Crippen LogP contribution is 2.30. The molecule has 0 aliphatic carbocycles. The first-order valence-corrected chi connectivity index (χ1v) is 9.18. The van der Waals surface area contributed by atoms with Gasteiger partial charge in [0.2, 0.25) is 11.0 Å². The van der Waals surface area contributed by atoms with E-state index in [-0.39, 0.29) is 17.6 Å². The van der Waals surface area contributed by atoms with Gasteiger partial charge in [-0.2, -0.15) is 0 Å². The molecule has 1 aromatic heterocycles. The topological polar surface area (TPSA) is 71.1 Å². The molecule has 2 N–H and O–H groups in total. The molecule has 1 aromatic carbocycles. The van der Waals surface area contributed by atoms with Gasteiger partial charge in [0.05, 0.1) is 12.6 Å². The molecular weight excluding hydrogens is 330 g/mol. The molecule has 0 unspecified atom stereocenters. The van der Waals surface area contributed by atoms with Gasteiger partial charge >= 0.3 is 0 Å². The van der Waals surface area contributed by atoms with Crippen LogP contribution in [0.3, 0.4) is 0 Å². The first kappa shape index (κ1) is 17.4. The Hall–Kier alpha value is -1.99. The van der Waals surface area contributed by atoms with Gasteiger partial charge in [0.25, 0.3) is 0 Å². The molecule has 0 radical (unpaired) electrons. The second kappa shape index (κ2) is 9.22. The lowest BCUT2D eigenvalue weighted by Crippen LogP contribution is -2.40. The molecule has 0 aliphatic heterocycles. The Kier molecular flexibility index (Phi) is 6.96. The quantitative estimate of drug-likeness (QED) is 0.751. The van der Waals surface area contributed by atoms with Crippen LogP contribution < -0.4 is 10.6 Å². The van der Waals surface area contributed by atoms with Crippen molar-refractivity contribution in [3.05, 3.63) is 54.7 Å². The smallest absolute Gasteiger partial charge is 0.239 e. The van der Waals surface area contributed by atoms with Gasteiger partial charge in [0.1, 0.15) is 5.03 Å². The molecule has 7 heteroatoms. The van der Waals surface area contributed by atoms with Crippen LogP contribution in [0.25, 0.3) is 0 Å². The van der Waals surface area contributed by atoms with Crippen LogP contribution in [0.5, 0.6) is 0 Å². The van der Waals surface area contributed by atoms with Gasteiger partial charge in [-0.25, -0.2) is 4.98 Å². The minimum Gasteiger partial charge on any atom is -0.376 e. The van der Waals surface area contributed by atoms with E-state index in [1.807, 2.05) is 48.5 Å². The van der Waals surface area contributed by atoms with Crippen LogP contribution in [-0.2, 0) is 9.59 Å². The van der Waals surface area contributed by atoms with Gasteiger partial charge < -0.3 is 10.6 Å². The maximum atomic E-state index is 12.0. The van der Waals surface area contributed by atoms with Crippen LogP contribution in [0.2, 0.25) is 0 Å². The summed E-state index contributed by atoms with van der Waals surface area (Å²) in [6.45, 7) is 1.80. The first-order valence-electron chi connectivity index (χ1n) is 7.03. The van der Waals surface area contributed by atoms with Crippen LogP contribution in [0.4, 0.5) is 5.69 Å². The third-order valence-electron chi connectivity index (χ3n) is 2.80. The van der Waals surface area contributed by atoms with Crippen molar-refractivity contribution in [1.29, 1.82) is 0 Å². The van der Waals surface area contributed by atoms with Crippen LogP contribution in [0.1, 0.15) is 6.92 Å². The molecule has 0 aliphatic rings. The molecule has 0 saturated heterocycles. The molecule has 1 heterocycles. The predicted octanol–water partition coefficient (Wildman–Crippen LogP) is 2.97. The van der Waals surface area contributed by atoms with E-state index in [1.54, 1.807) is 13.1 Å². The Balaban J connectivity index is 1.71. The van der Waals surface area contributed by atoms with Crippen molar-refractivity contribution < 1.29 is 9.59 Å². The summed E-state index contributed by atoms with van der Waals surface area (Å²) < 4.78 is 0. The minimum absolute atomic E-state index is 0.117. The molecule has 5 nitrogen and oxygen atoms in total. The van der Waals surface area contributed by atoms with Crippen LogP contribution in [0, 0.1) is 0 Å². The molecule has 0 spiro atoms.